The van der Waals surface area contributed by atoms with E-state index in [0.29, 0.717) is 22.4 Å². The van der Waals surface area contributed by atoms with Crippen LogP contribution in [0.4, 0.5) is 14.5 Å². The summed E-state index contributed by atoms with van der Waals surface area (Å²) in [6.45, 7) is 1.65. The quantitative estimate of drug-likeness (QED) is 0.633. The van der Waals surface area contributed by atoms with E-state index in [1.54, 1.807) is 45.4 Å². The molecular weight excluding hydrogens is 440 g/mol. The monoisotopic (exact) mass is 463 g/mol. The van der Waals surface area contributed by atoms with Crippen molar-refractivity contribution in [2.45, 2.75) is 19.3 Å². The van der Waals surface area contributed by atoms with Crippen molar-refractivity contribution >= 4 is 17.5 Å². The molecule has 0 unspecified atom stereocenters. The number of carbonyl (C=O) groups excluding carboxylic acids is 2. The first kappa shape index (κ1) is 23.1. The lowest BCUT2D eigenvalue weighted by Gasteiger charge is -2.28. The van der Waals surface area contributed by atoms with Gasteiger partial charge in [0.1, 0.15) is 11.6 Å². The Morgan fingerprint density at radius 3 is 2.44 bits per heavy atom. The van der Waals surface area contributed by atoms with Crippen molar-refractivity contribution < 1.29 is 18.4 Å². The first-order chi connectivity index (χ1) is 16.2. The Hall–Kier alpha value is -4.07. The Morgan fingerprint density at radius 2 is 1.74 bits per heavy atom. The number of nitrogens with zero attached hydrogens (tertiary/aromatic N) is 2. The molecular formula is C26H23F2N3O3. The van der Waals surface area contributed by atoms with Crippen molar-refractivity contribution in [1.82, 2.24) is 9.47 Å². The molecule has 3 aromatic rings. The summed E-state index contributed by atoms with van der Waals surface area (Å²) in [4.78, 5) is 39.5. The Balaban J connectivity index is 1.71. The molecule has 34 heavy (non-hydrogen) atoms. The molecule has 0 saturated carbocycles. The Kier molecular flexibility index (Phi) is 6.15. The van der Waals surface area contributed by atoms with Crippen LogP contribution in [0.5, 0.6) is 0 Å². The highest BCUT2D eigenvalue weighted by atomic mass is 19.1. The van der Waals surface area contributed by atoms with Gasteiger partial charge >= 0.3 is 0 Å². The summed E-state index contributed by atoms with van der Waals surface area (Å²) < 4.78 is 29.6. The second kappa shape index (κ2) is 9.05. The van der Waals surface area contributed by atoms with E-state index in [-0.39, 0.29) is 29.0 Å². The minimum atomic E-state index is -0.579. The highest BCUT2D eigenvalue weighted by Gasteiger charge is 2.31. The number of amides is 2. The maximum absolute atomic E-state index is 14.8. The van der Waals surface area contributed by atoms with E-state index in [0.717, 1.165) is 0 Å². The summed E-state index contributed by atoms with van der Waals surface area (Å²) in [7, 11) is 3.13. The lowest BCUT2D eigenvalue weighted by atomic mass is 9.85. The van der Waals surface area contributed by atoms with Gasteiger partial charge in [0.25, 0.3) is 11.5 Å². The van der Waals surface area contributed by atoms with Gasteiger partial charge in [-0.1, -0.05) is 12.1 Å². The van der Waals surface area contributed by atoms with Crippen LogP contribution in [0.1, 0.15) is 23.5 Å². The van der Waals surface area contributed by atoms with E-state index in [1.807, 2.05) is 0 Å². The Labute approximate surface area is 195 Å². The molecule has 1 aromatic heterocycles. The van der Waals surface area contributed by atoms with Crippen LogP contribution in [-0.4, -0.2) is 28.3 Å². The van der Waals surface area contributed by atoms with Crippen LogP contribution in [0.3, 0.4) is 0 Å². The van der Waals surface area contributed by atoms with Gasteiger partial charge in [-0.15, -0.1) is 0 Å². The number of hydrogen-bond donors (Lipinski definition) is 1. The van der Waals surface area contributed by atoms with Crippen molar-refractivity contribution in [2.24, 2.45) is 7.05 Å². The number of aryl methyl sites for hydroxylation is 2. The number of carbonyl (C=O) groups is 2. The molecule has 1 aliphatic rings. The van der Waals surface area contributed by atoms with E-state index in [9.17, 15) is 23.2 Å². The van der Waals surface area contributed by atoms with E-state index in [4.69, 9.17) is 0 Å². The SMILES string of the molecule is Cc1cc(F)c(-c2cccn(C)c2=O)cc1NC(=O)C1=CN(C)C(=O)C[C@H]1c1ccc(F)cc1. The van der Waals surface area contributed by atoms with Crippen molar-refractivity contribution in [2.75, 3.05) is 12.4 Å². The zero-order valence-electron chi connectivity index (χ0n) is 18.9. The molecule has 8 heteroatoms. The molecule has 6 nitrogen and oxygen atoms in total. The molecule has 174 valence electrons. The van der Waals surface area contributed by atoms with Gasteiger partial charge in [-0.05, 0) is 54.4 Å². The van der Waals surface area contributed by atoms with Crippen LogP contribution in [0.15, 0.2) is 71.3 Å². The number of nitrogens with one attached hydrogen (secondary N) is 1. The molecule has 0 radical (unpaired) electrons. The molecule has 4 rings (SSSR count). The average molecular weight is 463 g/mol. The third-order valence-corrected chi connectivity index (χ3v) is 5.99. The molecule has 1 N–H and O–H groups in total. The standard InChI is InChI=1S/C26H23F2N3O3/c1-15-11-22(28)20(18-5-4-10-30(2)26(18)34)12-23(15)29-25(33)21-14-31(3)24(32)13-19(21)16-6-8-17(27)9-7-16/h4-12,14,19H,13H2,1-3H3,(H,29,33)/t19-/m0/s1. The van der Waals surface area contributed by atoms with Crippen molar-refractivity contribution in [3.8, 4) is 11.1 Å². The third-order valence-electron chi connectivity index (χ3n) is 5.99. The smallest absolute Gasteiger partial charge is 0.258 e. The van der Waals surface area contributed by atoms with Gasteiger partial charge in [0.15, 0.2) is 0 Å². The molecule has 0 spiro atoms. The maximum Gasteiger partial charge on any atom is 0.258 e. The van der Waals surface area contributed by atoms with Crippen molar-refractivity contribution in [3.63, 3.8) is 0 Å². The number of hydrogen-bond acceptors (Lipinski definition) is 3. The van der Waals surface area contributed by atoms with E-state index >= 15 is 0 Å². The Morgan fingerprint density at radius 1 is 1.03 bits per heavy atom. The van der Waals surface area contributed by atoms with Gasteiger partial charge in [-0.3, -0.25) is 14.4 Å². The molecule has 1 aliphatic heterocycles. The maximum atomic E-state index is 14.8. The van der Waals surface area contributed by atoms with Gasteiger partial charge in [-0.25, -0.2) is 8.78 Å². The predicted molar refractivity (Wildman–Crippen MR) is 125 cm³/mol. The summed E-state index contributed by atoms with van der Waals surface area (Å²) in [5.74, 6) is -2.21. The zero-order valence-corrected chi connectivity index (χ0v) is 18.9. The number of benzene rings is 2. The second-order valence-electron chi connectivity index (χ2n) is 8.34. The normalized spacial score (nSPS) is 15.8. The van der Waals surface area contributed by atoms with Crippen LogP contribution in [0.25, 0.3) is 11.1 Å². The van der Waals surface area contributed by atoms with Crippen LogP contribution in [-0.2, 0) is 16.6 Å². The molecule has 0 aliphatic carbocycles. The molecule has 0 bridgehead atoms. The number of anilines is 1. The lowest BCUT2D eigenvalue weighted by Crippen LogP contribution is -2.33. The summed E-state index contributed by atoms with van der Waals surface area (Å²) in [6, 6.07) is 11.5. The summed E-state index contributed by atoms with van der Waals surface area (Å²) in [5.41, 5.74) is 1.64. The predicted octanol–water partition coefficient (Wildman–Crippen LogP) is 4.11. The minimum Gasteiger partial charge on any atom is -0.322 e. The number of rotatable bonds is 4. The zero-order chi connectivity index (χ0) is 24.6. The number of halogens is 2. The topological polar surface area (TPSA) is 71.4 Å². The lowest BCUT2D eigenvalue weighted by molar-refractivity contribution is -0.128. The molecule has 2 amide bonds. The van der Waals surface area contributed by atoms with Gasteiger partial charge in [0.2, 0.25) is 5.91 Å². The van der Waals surface area contributed by atoms with Gasteiger partial charge in [0, 0.05) is 55.7 Å². The second-order valence-corrected chi connectivity index (χ2v) is 8.34. The summed E-state index contributed by atoms with van der Waals surface area (Å²) in [5, 5.41) is 2.80. The molecule has 0 fully saturated rings. The van der Waals surface area contributed by atoms with Crippen LogP contribution >= 0.6 is 0 Å². The molecule has 2 heterocycles. The molecule has 0 saturated heterocycles. The summed E-state index contributed by atoms with van der Waals surface area (Å²) >= 11 is 0. The van der Waals surface area contributed by atoms with E-state index < -0.39 is 23.5 Å². The Bertz CT molecular complexity index is 1380. The van der Waals surface area contributed by atoms with Crippen LogP contribution in [0.2, 0.25) is 0 Å². The van der Waals surface area contributed by atoms with E-state index in [1.165, 1.54) is 46.0 Å². The largest absolute Gasteiger partial charge is 0.322 e. The minimum absolute atomic E-state index is 0.0507. The van der Waals surface area contributed by atoms with Crippen LogP contribution in [0, 0.1) is 18.6 Å². The number of aromatic nitrogens is 1. The fraction of sp³-hybridized carbons (Fsp3) is 0.192. The average Bonchev–Trinajstić information content (AvgIpc) is 2.80. The molecule has 1 atom stereocenters. The fourth-order valence-electron chi connectivity index (χ4n) is 4.02. The third kappa shape index (κ3) is 4.39. The van der Waals surface area contributed by atoms with Crippen molar-refractivity contribution in [3.05, 3.63) is 99.6 Å². The van der Waals surface area contributed by atoms with Crippen LogP contribution < -0.4 is 10.9 Å². The van der Waals surface area contributed by atoms with Gasteiger partial charge in [-0.2, -0.15) is 0 Å². The highest BCUT2D eigenvalue weighted by molar-refractivity contribution is 6.07. The van der Waals surface area contributed by atoms with Crippen molar-refractivity contribution in [1.29, 1.82) is 0 Å². The first-order valence-electron chi connectivity index (χ1n) is 10.7. The fourth-order valence-corrected chi connectivity index (χ4v) is 4.02. The highest BCUT2D eigenvalue weighted by Crippen LogP contribution is 2.34. The molecule has 2 aromatic carbocycles. The van der Waals surface area contributed by atoms with Gasteiger partial charge < -0.3 is 14.8 Å². The van der Waals surface area contributed by atoms with E-state index in [2.05, 4.69) is 5.32 Å². The summed E-state index contributed by atoms with van der Waals surface area (Å²) in [6.07, 6.45) is 3.08. The number of pyridine rings is 1. The van der Waals surface area contributed by atoms with Gasteiger partial charge in [0.05, 0.1) is 5.56 Å². The first-order valence-corrected chi connectivity index (χ1v) is 10.7.